The number of hydrogen-bond donors (Lipinski definition) is 1. The highest BCUT2D eigenvalue weighted by molar-refractivity contribution is 5.76. The second kappa shape index (κ2) is 7.31. The molecule has 0 spiro atoms. The average molecular weight is 331 g/mol. The molecule has 23 heavy (non-hydrogen) atoms. The number of aliphatic hydroxyl groups excluding tert-OH is 1. The molecule has 1 unspecified atom stereocenters. The maximum absolute atomic E-state index is 12.1. The van der Waals surface area contributed by atoms with Crippen molar-refractivity contribution in [1.82, 2.24) is 4.90 Å². The smallest absolute Gasteiger partial charge is 0.395 e. The Labute approximate surface area is 132 Å². The Morgan fingerprint density at radius 2 is 2.00 bits per heavy atom. The van der Waals surface area contributed by atoms with Crippen molar-refractivity contribution >= 4 is 5.91 Å². The van der Waals surface area contributed by atoms with Crippen molar-refractivity contribution in [2.45, 2.75) is 24.4 Å². The van der Waals surface area contributed by atoms with E-state index in [1.54, 1.807) is 4.90 Å². The number of ether oxygens (including phenoxy) is 1. The number of amides is 1. The molecule has 1 N–H and O–H groups in total. The highest BCUT2D eigenvalue weighted by Crippen LogP contribution is 2.34. The molecule has 1 aliphatic heterocycles. The van der Waals surface area contributed by atoms with Gasteiger partial charge in [0.1, 0.15) is 6.61 Å². The molecule has 1 saturated heterocycles. The topological polar surface area (TPSA) is 49.8 Å². The highest BCUT2D eigenvalue weighted by Gasteiger charge is 2.40. The van der Waals surface area contributed by atoms with Crippen molar-refractivity contribution < 1.29 is 27.8 Å². The summed E-state index contributed by atoms with van der Waals surface area (Å²) in [5.41, 5.74) is 0.468. The van der Waals surface area contributed by atoms with Crippen molar-refractivity contribution in [3.05, 3.63) is 35.9 Å². The molecule has 1 heterocycles. The molecule has 1 aromatic carbocycles. The van der Waals surface area contributed by atoms with Crippen molar-refractivity contribution in [1.29, 1.82) is 0 Å². The number of aliphatic hydroxyl groups is 1. The van der Waals surface area contributed by atoms with E-state index < -0.39 is 18.2 Å². The third-order valence-electron chi connectivity index (χ3n) is 4.12. The second-order valence-electron chi connectivity index (χ2n) is 5.79. The number of rotatable bonds is 6. The molecule has 1 aliphatic rings. The number of halogens is 3. The molecule has 1 aromatic rings. The van der Waals surface area contributed by atoms with Crippen LogP contribution in [0.5, 0.6) is 0 Å². The zero-order valence-corrected chi connectivity index (χ0v) is 12.7. The van der Waals surface area contributed by atoms with E-state index in [-0.39, 0.29) is 25.5 Å². The van der Waals surface area contributed by atoms with Crippen molar-refractivity contribution in [3.8, 4) is 0 Å². The quantitative estimate of drug-likeness (QED) is 0.813. The van der Waals surface area contributed by atoms with Crippen molar-refractivity contribution in [2.24, 2.45) is 0 Å². The van der Waals surface area contributed by atoms with Crippen LogP contribution in [-0.2, 0) is 14.9 Å². The van der Waals surface area contributed by atoms with Gasteiger partial charge in [0, 0.05) is 18.5 Å². The minimum atomic E-state index is -4.38. The Morgan fingerprint density at radius 3 is 2.61 bits per heavy atom. The van der Waals surface area contributed by atoms with E-state index in [4.69, 9.17) is 0 Å². The van der Waals surface area contributed by atoms with Gasteiger partial charge in [-0.3, -0.25) is 4.79 Å². The Balaban J connectivity index is 1.87. The van der Waals surface area contributed by atoms with Crippen LogP contribution in [0.3, 0.4) is 0 Å². The summed E-state index contributed by atoms with van der Waals surface area (Å²) in [7, 11) is 0. The Bertz CT molecular complexity index is 521. The summed E-state index contributed by atoms with van der Waals surface area (Å²) in [4.78, 5) is 13.7. The predicted molar refractivity (Wildman–Crippen MR) is 77.9 cm³/mol. The van der Waals surface area contributed by atoms with Gasteiger partial charge in [-0.25, -0.2) is 0 Å². The Hall–Kier alpha value is -1.60. The predicted octanol–water partition coefficient (Wildman–Crippen LogP) is 2.12. The summed E-state index contributed by atoms with van der Waals surface area (Å²) in [5.74, 6) is -0.251. The van der Waals surface area contributed by atoms with Crippen LogP contribution in [0.2, 0.25) is 0 Å². The van der Waals surface area contributed by atoms with Crippen molar-refractivity contribution in [3.63, 3.8) is 0 Å². The lowest BCUT2D eigenvalue weighted by molar-refractivity contribution is -0.175. The molecular weight excluding hydrogens is 311 g/mol. The van der Waals surface area contributed by atoms with Crippen LogP contribution < -0.4 is 0 Å². The maximum atomic E-state index is 12.1. The first-order valence-corrected chi connectivity index (χ1v) is 7.45. The lowest BCUT2D eigenvalue weighted by Crippen LogP contribution is -2.37. The monoisotopic (exact) mass is 331 g/mol. The fourth-order valence-electron chi connectivity index (χ4n) is 2.84. The number of nitrogens with zero attached hydrogens (tertiary/aromatic N) is 1. The van der Waals surface area contributed by atoms with Crippen LogP contribution in [0.15, 0.2) is 30.3 Å². The number of carbonyl (C=O) groups excluding carboxylic acids is 1. The molecule has 0 radical (unpaired) electrons. The second-order valence-corrected chi connectivity index (χ2v) is 5.79. The molecular formula is C16H20F3NO3. The number of alkyl halides is 3. The van der Waals surface area contributed by atoms with Gasteiger partial charge in [-0.1, -0.05) is 30.3 Å². The number of benzene rings is 1. The molecule has 0 aliphatic carbocycles. The van der Waals surface area contributed by atoms with E-state index in [0.717, 1.165) is 5.56 Å². The first kappa shape index (κ1) is 17.7. The SMILES string of the molecule is O=C(CCOCC(F)(F)F)N1CCC(CO)(c2ccccc2)C1. The van der Waals surface area contributed by atoms with E-state index >= 15 is 0 Å². The summed E-state index contributed by atoms with van der Waals surface area (Å²) in [5, 5.41) is 9.79. The first-order valence-electron chi connectivity index (χ1n) is 7.45. The minimum Gasteiger partial charge on any atom is -0.395 e. The van der Waals surface area contributed by atoms with Crippen LogP contribution in [0.1, 0.15) is 18.4 Å². The fourth-order valence-corrected chi connectivity index (χ4v) is 2.84. The van der Waals surface area contributed by atoms with E-state index in [0.29, 0.717) is 19.5 Å². The lowest BCUT2D eigenvalue weighted by Gasteiger charge is -2.27. The van der Waals surface area contributed by atoms with E-state index in [9.17, 15) is 23.1 Å². The molecule has 128 valence electrons. The standard InChI is InChI=1S/C16H20F3NO3/c17-16(18,19)12-23-9-6-14(22)20-8-7-15(10-20,11-21)13-4-2-1-3-5-13/h1-5,21H,6-12H2. The van der Waals surface area contributed by atoms with Crippen LogP contribution in [0.25, 0.3) is 0 Å². The summed E-state index contributed by atoms with van der Waals surface area (Å²) in [6.45, 7) is -0.832. The normalized spacial score (nSPS) is 21.7. The van der Waals surface area contributed by atoms with Crippen LogP contribution in [0.4, 0.5) is 13.2 Å². The summed E-state index contributed by atoms with van der Waals surface area (Å²) < 4.78 is 40.4. The first-order chi connectivity index (χ1) is 10.9. The molecule has 4 nitrogen and oxygen atoms in total. The lowest BCUT2D eigenvalue weighted by atomic mass is 9.80. The molecule has 0 saturated carbocycles. The number of carbonyl (C=O) groups is 1. The number of hydrogen-bond acceptors (Lipinski definition) is 3. The summed E-state index contributed by atoms with van der Waals surface area (Å²) in [6, 6.07) is 9.46. The molecule has 7 heteroatoms. The van der Waals surface area contributed by atoms with Crippen molar-refractivity contribution in [2.75, 3.05) is 32.9 Å². The van der Waals surface area contributed by atoms with E-state index in [1.807, 2.05) is 30.3 Å². The fraction of sp³-hybridized carbons (Fsp3) is 0.562. The van der Waals surface area contributed by atoms with Crippen LogP contribution in [0, 0.1) is 0 Å². The molecule has 1 atom stereocenters. The maximum Gasteiger partial charge on any atom is 0.411 e. The summed E-state index contributed by atoms with van der Waals surface area (Å²) in [6.07, 6.45) is -3.84. The molecule has 0 bridgehead atoms. The van der Waals surface area contributed by atoms with Gasteiger partial charge in [-0.15, -0.1) is 0 Å². The molecule has 0 aromatic heterocycles. The largest absolute Gasteiger partial charge is 0.411 e. The van der Waals surface area contributed by atoms with Crippen LogP contribution >= 0.6 is 0 Å². The van der Waals surface area contributed by atoms with E-state index in [2.05, 4.69) is 4.74 Å². The number of likely N-dealkylation sites (tertiary alicyclic amines) is 1. The highest BCUT2D eigenvalue weighted by atomic mass is 19.4. The van der Waals surface area contributed by atoms with Gasteiger partial charge in [-0.05, 0) is 12.0 Å². The van der Waals surface area contributed by atoms with Gasteiger partial charge in [0.15, 0.2) is 0 Å². The van der Waals surface area contributed by atoms with Gasteiger partial charge in [0.05, 0.1) is 19.6 Å². The van der Waals surface area contributed by atoms with Gasteiger partial charge >= 0.3 is 6.18 Å². The Kier molecular flexibility index (Phi) is 5.64. The molecule has 1 fully saturated rings. The van der Waals surface area contributed by atoms with Gasteiger partial charge in [0.2, 0.25) is 5.91 Å². The average Bonchev–Trinajstić information content (AvgIpc) is 2.97. The summed E-state index contributed by atoms with van der Waals surface area (Å²) >= 11 is 0. The van der Waals surface area contributed by atoms with Crippen LogP contribution in [-0.4, -0.2) is 55.0 Å². The molecule has 1 amide bonds. The van der Waals surface area contributed by atoms with Gasteiger partial charge in [0.25, 0.3) is 0 Å². The zero-order chi connectivity index (χ0) is 16.9. The van der Waals surface area contributed by atoms with Gasteiger partial charge < -0.3 is 14.7 Å². The zero-order valence-electron chi connectivity index (χ0n) is 12.7. The minimum absolute atomic E-state index is 0.0780. The third kappa shape index (κ3) is 4.68. The van der Waals surface area contributed by atoms with Gasteiger partial charge in [-0.2, -0.15) is 13.2 Å². The molecule has 2 rings (SSSR count). The third-order valence-corrected chi connectivity index (χ3v) is 4.12. The van der Waals surface area contributed by atoms with E-state index in [1.165, 1.54) is 0 Å². The Morgan fingerprint density at radius 1 is 1.30 bits per heavy atom.